The Labute approximate surface area is 128 Å². The molecule has 4 heteroatoms. The Morgan fingerprint density at radius 3 is 2.52 bits per heavy atom. The maximum atomic E-state index is 5.92. The van der Waals surface area contributed by atoms with Crippen LogP contribution in [0.3, 0.4) is 0 Å². The summed E-state index contributed by atoms with van der Waals surface area (Å²) in [6.45, 7) is 13.3. The fourth-order valence-electron chi connectivity index (χ4n) is 2.64. The second-order valence-electron chi connectivity index (χ2n) is 6.90. The lowest BCUT2D eigenvalue weighted by Crippen LogP contribution is -2.36. The maximum absolute atomic E-state index is 5.92. The summed E-state index contributed by atoms with van der Waals surface area (Å²) in [4.78, 5) is 2.45. The minimum atomic E-state index is 0.119. The van der Waals surface area contributed by atoms with E-state index in [1.165, 1.54) is 0 Å². The highest BCUT2D eigenvalue weighted by Gasteiger charge is 2.20. The van der Waals surface area contributed by atoms with E-state index < -0.39 is 0 Å². The van der Waals surface area contributed by atoms with Gasteiger partial charge in [0.25, 0.3) is 0 Å². The van der Waals surface area contributed by atoms with Crippen molar-refractivity contribution in [2.45, 2.75) is 65.3 Å². The lowest BCUT2D eigenvalue weighted by molar-refractivity contribution is 0.0111. The van der Waals surface area contributed by atoms with Crippen molar-refractivity contribution in [3.05, 3.63) is 23.7 Å². The minimum absolute atomic E-state index is 0.119. The van der Waals surface area contributed by atoms with Crippen molar-refractivity contribution in [1.82, 2.24) is 10.2 Å². The van der Waals surface area contributed by atoms with Gasteiger partial charge in [0.1, 0.15) is 11.5 Å². The van der Waals surface area contributed by atoms with Crippen LogP contribution in [-0.4, -0.2) is 36.2 Å². The molecule has 120 valence electrons. The number of nitrogens with zero attached hydrogens (tertiary/aromatic N) is 1. The first-order valence-corrected chi connectivity index (χ1v) is 8.13. The minimum Gasteiger partial charge on any atom is -0.463 e. The Morgan fingerprint density at radius 1 is 1.24 bits per heavy atom. The zero-order valence-electron chi connectivity index (χ0n) is 13.9. The number of hydrogen-bond donors (Lipinski definition) is 1. The Hall–Kier alpha value is -0.840. The molecule has 1 saturated heterocycles. The summed E-state index contributed by atoms with van der Waals surface area (Å²) < 4.78 is 11.6. The molecule has 2 heterocycles. The normalized spacial score (nSPS) is 18.3. The van der Waals surface area contributed by atoms with Gasteiger partial charge in [-0.1, -0.05) is 0 Å². The standard InChI is InChI=1S/C17H30N2O2/c1-5-20-14-8-10-19(11-9-14)13-16-7-6-15(21-16)12-18-17(2,3)4/h6-7,14,18H,5,8-13H2,1-4H3. The summed E-state index contributed by atoms with van der Waals surface area (Å²) in [6, 6.07) is 4.19. The summed E-state index contributed by atoms with van der Waals surface area (Å²) in [7, 11) is 0. The molecule has 1 aromatic rings. The van der Waals surface area contributed by atoms with Gasteiger partial charge >= 0.3 is 0 Å². The summed E-state index contributed by atoms with van der Waals surface area (Å²) >= 11 is 0. The molecule has 4 nitrogen and oxygen atoms in total. The van der Waals surface area contributed by atoms with E-state index in [4.69, 9.17) is 9.15 Å². The second-order valence-corrected chi connectivity index (χ2v) is 6.90. The number of nitrogens with one attached hydrogen (secondary N) is 1. The average Bonchev–Trinajstić information content (AvgIpc) is 2.86. The molecule has 1 aromatic heterocycles. The molecule has 0 spiro atoms. The smallest absolute Gasteiger partial charge is 0.118 e. The number of piperidine rings is 1. The highest BCUT2D eigenvalue weighted by atomic mass is 16.5. The van der Waals surface area contributed by atoms with Crippen molar-refractivity contribution in [3.8, 4) is 0 Å². The van der Waals surface area contributed by atoms with Gasteiger partial charge in [0, 0.05) is 25.2 Å². The van der Waals surface area contributed by atoms with Crippen LogP contribution in [0.1, 0.15) is 52.1 Å². The van der Waals surface area contributed by atoms with Crippen LogP contribution >= 0.6 is 0 Å². The van der Waals surface area contributed by atoms with E-state index in [-0.39, 0.29) is 5.54 Å². The Morgan fingerprint density at radius 2 is 1.90 bits per heavy atom. The fraction of sp³-hybridized carbons (Fsp3) is 0.765. The van der Waals surface area contributed by atoms with Crippen LogP contribution in [0.4, 0.5) is 0 Å². The highest BCUT2D eigenvalue weighted by molar-refractivity contribution is 5.07. The molecule has 0 radical (unpaired) electrons. The first-order chi connectivity index (χ1) is 9.96. The maximum Gasteiger partial charge on any atom is 0.118 e. The van der Waals surface area contributed by atoms with Crippen molar-refractivity contribution >= 4 is 0 Å². The van der Waals surface area contributed by atoms with Crippen LogP contribution in [0.15, 0.2) is 16.5 Å². The lowest BCUT2D eigenvalue weighted by atomic mass is 10.1. The molecule has 0 aromatic carbocycles. The molecule has 1 aliphatic rings. The van der Waals surface area contributed by atoms with Gasteiger partial charge in [0.15, 0.2) is 0 Å². The number of hydrogen-bond acceptors (Lipinski definition) is 4. The van der Waals surface area contributed by atoms with E-state index >= 15 is 0 Å². The summed E-state index contributed by atoms with van der Waals surface area (Å²) in [6.07, 6.45) is 2.72. The van der Waals surface area contributed by atoms with E-state index in [9.17, 15) is 0 Å². The van der Waals surface area contributed by atoms with Crippen molar-refractivity contribution in [1.29, 1.82) is 0 Å². The molecule has 0 bridgehead atoms. The van der Waals surface area contributed by atoms with Gasteiger partial charge in [0.2, 0.25) is 0 Å². The number of furan rings is 1. The zero-order chi connectivity index (χ0) is 15.3. The first-order valence-electron chi connectivity index (χ1n) is 8.13. The van der Waals surface area contributed by atoms with Crippen molar-refractivity contribution < 1.29 is 9.15 Å². The Bertz CT molecular complexity index is 415. The number of likely N-dealkylation sites (tertiary alicyclic amines) is 1. The van der Waals surface area contributed by atoms with Gasteiger partial charge in [-0.25, -0.2) is 0 Å². The van der Waals surface area contributed by atoms with Gasteiger partial charge in [-0.05, 0) is 52.7 Å². The molecule has 0 unspecified atom stereocenters. The molecular formula is C17H30N2O2. The molecule has 1 aliphatic heterocycles. The van der Waals surface area contributed by atoms with Crippen molar-refractivity contribution in [3.63, 3.8) is 0 Å². The van der Waals surface area contributed by atoms with Gasteiger partial charge in [-0.2, -0.15) is 0 Å². The molecule has 2 rings (SSSR count). The molecular weight excluding hydrogens is 264 g/mol. The van der Waals surface area contributed by atoms with Crippen LogP contribution < -0.4 is 5.32 Å². The summed E-state index contributed by atoms with van der Waals surface area (Å²) in [5.41, 5.74) is 0.119. The predicted octanol–water partition coefficient (Wildman–Crippen LogP) is 3.17. The van der Waals surface area contributed by atoms with E-state index in [1.807, 2.05) is 0 Å². The molecule has 0 amide bonds. The van der Waals surface area contributed by atoms with E-state index in [0.717, 1.165) is 57.1 Å². The molecule has 0 saturated carbocycles. The number of rotatable bonds is 6. The third-order valence-corrected chi connectivity index (χ3v) is 3.83. The van der Waals surface area contributed by atoms with Crippen LogP contribution in [-0.2, 0) is 17.8 Å². The molecule has 0 atom stereocenters. The largest absolute Gasteiger partial charge is 0.463 e. The van der Waals surface area contributed by atoms with E-state index in [0.29, 0.717) is 6.10 Å². The third-order valence-electron chi connectivity index (χ3n) is 3.83. The average molecular weight is 294 g/mol. The van der Waals surface area contributed by atoms with E-state index in [2.05, 4.69) is 50.0 Å². The fourth-order valence-corrected chi connectivity index (χ4v) is 2.64. The molecule has 1 fully saturated rings. The van der Waals surface area contributed by atoms with Gasteiger partial charge in [0.05, 0.1) is 19.2 Å². The van der Waals surface area contributed by atoms with Crippen molar-refractivity contribution in [2.24, 2.45) is 0 Å². The SMILES string of the molecule is CCOC1CCN(Cc2ccc(CNC(C)(C)C)o2)CC1. The quantitative estimate of drug-likeness (QED) is 0.874. The zero-order valence-corrected chi connectivity index (χ0v) is 13.9. The molecule has 21 heavy (non-hydrogen) atoms. The predicted molar refractivity (Wildman–Crippen MR) is 85.2 cm³/mol. The van der Waals surface area contributed by atoms with E-state index in [1.54, 1.807) is 0 Å². The Kier molecular flexibility index (Phi) is 5.85. The van der Waals surface area contributed by atoms with Crippen LogP contribution in [0.5, 0.6) is 0 Å². The van der Waals surface area contributed by atoms with Crippen LogP contribution in [0, 0.1) is 0 Å². The first kappa shape index (κ1) is 16.5. The van der Waals surface area contributed by atoms with Gasteiger partial charge in [-0.15, -0.1) is 0 Å². The second kappa shape index (κ2) is 7.43. The van der Waals surface area contributed by atoms with Crippen LogP contribution in [0.2, 0.25) is 0 Å². The molecule has 1 N–H and O–H groups in total. The van der Waals surface area contributed by atoms with Crippen molar-refractivity contribution in [2.75, 3.05) is 19.7 Å². The van der Waals surface area contributed by atoms with Gasteiger partial charge in [-0.3, -0.25) is 4.90 Å². The monoisotopic (exact) mass is 294 g/mol. The molecule has 0 aliphatic carbocycles. The lowest BCUT2D eigenvalue weighted by Gasteiger charge is -2.31. The van der Waals surface area contributed by atoms with Gasteiger partial charge < -0.3 is 14.5 Å². The summed E-state index contributed by atoms with van der Waals surface area (Å²) in [5, 5.41) is 3.45. The third kappa shape index (κ3) is 5.81. The van der Waals surface area contributed by atoms with Crippen LogP contribution in [0.25, 0.3) is 0 Å². The number of ether oxygens (including phenoxy) is 1. The highest BCUT2D eigenvalue weighted by Crippen LogP contribution is 2.18. The summed E-state index contributed by atoms with van der Waals surface area (Å²) in [5.74, 6) is 2.08. The Balaban J connectivity index is 1.75. The topological polar surface area (TPSA) is 37.6 Å².